The molecule has 184 valence electrons. The van der Waals surface area contributed by atoms with Gasteiger partial charge in [-0.2, -0.15) is 5.21 Å². The summed E-state index contributed by atoms with van der Waals surface area (Å²) in [4.78, 5) is 22.6. The number of aromatic amines is 1. The molecule has 0 radical (unpaired) electrons. The largest absolute Gasteiger partial charge is 0.335 e. The van der Waals surface area contributed by atoms with Gasteiger partial charge in [0.05, 0.1) is 12.2 Å². The molecule has 1 N–H and O–H groups in total. The van der Waals surface area contributed by atoms with Crippen molar-refractivity contribution >= 4 is 0 Å². The fourth-order valence-electron chi connectivity index (χ4n) is 4.38. The number of benzene rings is 1. The van der Waals surface area contributed by atoms with Gasteiger partial charge in [0.25, 0.3) is 0 Å². The molecule has 0 spiro atoms. The zero-order chi connectivity index (χ0) is 25.1. The number of nitrogens with one attached hydrogen (secondary N) is 1. The summed E-state index contributed by atoms with van der Waals surface area (Å²) >= 11 is 0. The van der Waals surface area contributed by atoms with Crippen LogP contribution in [0.4, 0.5) is 0 Å². The molecule has 0 atom stereocenters. The van der Waals surface area contributed by atoms with Gasteiger partial charge in [-0.3, -0.25) is 9.55 Å². The Balaban J connectivity index is 1.48. The molecule has 0 fully saturated rings. The van der Waals surface area contributed by atoms with Crippen LogP contribution in [0.25, 0.3) is 28.5 Å². The summed E-state index contributed by atoms with van der Waals surface area (Å²) < 4.78 is 5.49. The number of tetrazole rings is 1. The van der Waals surface area contributed by atoms with Gasteiger partial charge in [-0.05, 0) is 46.9 Å². The van der Waals surface area contributed by atoms with E-state index in [1.165, 1.54) is 0 Å². The maximum absolute atomic E-state index is 13.6. The predicted octanol–water partition coefficient (Wildman–Crippen LogP) is 3.73. The van der Waals surface area contributed by atoms with Crippen LogP contribution in [0.2, 0.25) is 0 Å². The zero-order valence-corrected chi connectivity index (χ0v) is 20.7. The van der Waals surface area contributed by atoms with E-state index in [1.54, 1.807) is 21.5 Å². The van der Waals surface area contributed by atoms with Crippen molar-refractivity contribution in [1.82, 2.24) is 44.3 Å². The fourth-order valence-corrected chi connectivity index (χ4v) is 4.38. The lowest BCUT2D eigenvalue weighted by molar-refractivity contribution is 0.513. The van der Waals surface area contributed by atoms with E-state index in [0.717, 1.165) is 47.5 Å². The zero-order valence-electron chi connectivity index (χ0n) is 20.7. The number of aromatic nitrogens is 9. The standard InChI is InChI=1S/C26H29N9O/c1-4-6-23-17-35(25-28-11-12-33(25)15-18(2)3)26(36)34(23)16-22-14-20(9-10-27-22)19-7-5-8-21(13-19)24-29-31-32-30-24/h5,7-14,17-18H,4,6,15-16H2,1-3H3,(H,29,30,31,32). The van der Waals surface area contributed by atoms with Crippen molar-refractivity contribution in [3.8, 4) is 28.5 Å². The SMILES string of the molecule is CCCc1cn(-c2nccn2CC(C)C)c(=O)n1Cc1cc(-c2cccc(-c3nn[nH]n3)c2)ccn1. The average Bonchev–Trinajstić information content (AvgIpc) is 3.63. The normalized spacial score (nSPS) is 11.4. The van der Waals surface area contributed by atoms with Crippen LogP contribution in [0.15, 0.2) is 66.0 Å². The van der Waals surface area contributed by atoms with Crippen LogP contribution >= 0.6 is 0 Å². The van der Waals surface area contributed by atoms with Crippen LogP contribution in [0.1, 0.15) is 38.6 Å². The summed E-state index contributed by atoms with van der Waals surface area (Å²) in [6, 6.07) is 11.9. The number of H-pyrrole nitrogens is 1. The molecule has 0 aliphatic rings. The fraction of sp³-hybridized carbons (Fsp3) is 0.308. The number of hydrogen-bond acceptors (Lipinski definition) is 6. The maximum Gasteiger partial charge on any atom is 0.335 e. The number of pyridine rings is 1. The van der Waals surface area contributed by atoms with Crippen LogP contribution < -0.4 is 5.69 Å². The lowest BCUT2D eigenvalue weighted by Gasteiger charge is -2.10. The van der Waals surface area contributed by atoms with Crippen molar-refractivity contribution in [3.05, 3.63) is 83.1 Å². The lowest BCUT2D eigenvalue weighted by Crippen LogP contribution is -2.27. The molecule has 0 bridgehead atoms. The highest BCUT2D eigenvalue weighted by molar-refractivity contribution is 5.70. The number of rotatable bonds is 9. The van der Waals surface area contributed by atoms with Crippen molar-refractivity contribution in [2.45, 2.75) is 46.7 Å². The topological polar surface area (TPSA) is 112 Å². The first kappa shape index (κ1) is 23.4. The van der Waals surface area contributed by atoms with Gasteiger partial charge in [0, 0.05) is 42.6 Å². The van der Waals surface area contributed by atoms with Gasteiger partial charge in [-0.15, -0.1) is 10.2 Å². The van der Waals surface area contributed by atoms with E-state index in [4.69, 9.17) is 0 Å². The third-order valence-corrected chi connectivity index (χ3v) is 5.97. The monoisotopic (exact) mass is 483 g/mol. The van der Waals surface area contributed by atoms with E-state index >= 15 is 0 Å². The molecule has 5 aromatic rings. The highest BCUT2D eigenvalue weighted by atomic mass is 16.1. The Morgan fingerprint density at radius 3 is 2.64 bits per heavy atom. The molecular formula is C26H29N9O. The first-order chi connectivity index (χ1) is 17.5. The van der Waals surface area contributed by atoms with Crippen LogP contribution in [-0.2, 0) is 19.5 Å². The highest BCUT2D eigenvalue weighted by Gasteiger charge is 2.17. The average molecular weight is 484 g/mol. The number of aryl methyl sites for hydroxylation is 1. The van der Waals surface area contributed by atoms with E-state index in [2.05, 4.69) is 51.4 Å². The van der Waals surface area contributed by atoms with Gasteiger partial charge >= 0.3 is 5.69 Å². The molecule has 0 aliphatic carbocycles. The summed E-state index contributed by atoms with van der Waals surface area (Å²) in [5, 5.41) is 14.3. The smallest absolute Gasteiger partial charge is 0.316 e. The quantitative estimate of drug-likeness (QED) is 0.342. The summed E-state index contributed by atoms with van der Waals surface area (Å²) in [6.45, 7) is 7.59. The van der Waals surface area contributed by atoms with Gasteiger partial charge in [0.2, 0.25) is 11.8 Å². The van der Waals surface area contributed by atoms with Crippen molar-refractivity contribution in [3.63, 3.8) is 0 Å². The Morgan fingerprint density at radius 1 is 1.03 bits per heavy atom. The van der Waals surface area contributed by atoms with Gasteiger partial charge in [-0.1, -0.05) is 45.4 Å². The highest BCUT2D eigenvalue weighted by Crippen LogP contribution is 2.24. The number of nitrogens with zero attached hydrogens (tertiary/aromatic N) is 8. The van der Waals surface area contributed by atoms with Gasteiger partial charge < -0.3 is 4.57 Å². The molecule has 0 amide bonds. The van der Waals surface area contributed by atoms with E-state index in [-0.39, 0.29) is 5.69 Å². The van der Waals surface area contributed by atoms with E-state index in [9.17, 15) is 4.79 Å². The van der Waals surface area contributed by atoms with E-state index in [1.807, 2.05) is 53.4 Å². The molecule has 0 unspecified atom stereocenters. The second kappa shape index (κ2) is 10.1. The van der Waals surface area contributed by atoms with Gasteiger partial charge in [-0.25, -0.2) is 14.3 Å². The molecule has 5 rings (SSSR count). The molecule has 36 heavy (non-hydrogen) atoms. The lowest BCUT2D eigenvalue weighted by atomic mass is 10.0. The van der Waals surface area contributed by atoms with Crippen molar-refractivity contribution < 1.29 is 0 Å². The Morgan fingerprint density at radius 2 is 1.86 bits per heavy atom. The number of imidazole rings is 2. The molecule has 1 aromatic carbocycles. The van der Waals surface area contributed by atoms with E-state index in [0.29, 0.717) is 24.2 Å². The minimum absolute atomic E-state index is 0.110. The minimum Gasteiger partial charge on any atom is -0.316 e. The van der Waals surface area contributed by atoms with Crippen molar-refractivity contribution in [2.75, 3.05) is 0 Å². The third-order valence-electron chi connectivity index (χ3n) is 5.97. The number of hydrogen-bond donors (Lipinski definition) is 1. The molecular weight excluding hydrogens is 454 g/mol. The maximum atomic E-state index is 13.6. The summed E-state index contributed by atoms with van der Waals surface area (Å²) in [5.41, 5.74) is 4.54. The Bertz CT molecular complexity index is 1510. The minimum atomic E-state index is -0.110. The summed E-state index contributed by atoms with van der Waals surface area (Å²) in [7, 11) is 0. The molecule has 10 nitrogen and oxygen atoms in total. The molecule has 0 saturated carbocycles. The van der Waals surface area contributed by atoms with Crippen molar-refractivity contribution in [2.24, 2.45) is 5.92 Å². The Labute approximate surface area is 208 Å². The molecule has 10 heteroatoms. The molecule has 0 aliphatic heterocycles. The van der Waals surface area contributed by atoms with Crippen LogP contribution in [0.3, 0.4) is 0 Å². The Hall–Kier alpha value is -4.34. The van der Waals surface area contributed by atoms with Crippen LogP contribution in [0, 0.1) is 5.92 Å². The van der Waals surface area contributed by atoms with E-state index < -0.39 is 0 Å². The molecule has 4 aromatic heterocycles. The second-order valence-electron chi connectivity index (χ2n) is 9.23. The summed E-state index contributed by atoms with van der Waals surface area (Å²) in [5.74, 6) is 1.63. The van der Waals surface area contributed by atoms with Gasteiger partial charge in [0.1, 0.15) is 0 Å². The van der Waals surface area contributed by atoms with Crippen molar-refractivity contribution in [1.29, 1.82) is 0 Å². The van der Waals surface area contributed by atoms with Crippen LogP contribution in [0.5, 0.6) is 0 Å². The Kier molecular flexibility index (Phi) is 6.57. The molecule has 4 heterocycles. The third kappa shape index (κ3) is 4.74. The first-order valence-corrected chi connectivity index (χ1v) is 12.1. The van der Waals surface area contributed by atoms with Gasteiger partial charge in [0.15, 0.2) is 0 Å². The van der Waals surface area contributed by atoms with Crippen LogP contribution in [-0.4, -0.2) is 44.3 Å². The molecule has 0 saturated heterocycles. The second-order valence-corrected chi connectivity index (χ2v) is 9.23. The predicted molar refractivity (Wildman–Crippen MR) is 137 cm³/mol. The first-order valence-electron chi connectivity index (χ1n) is 12.1. The summed E-state index contributed by atoms with van der Waals surface area (Å²) in [6.07, 6.45) is 9.09.